The van der Waals surface area contributed by atoms with E-state index in [-0.39, 0.29) is 0 Å². The van der Waals surface area contributed by atoms with Crippen molar-refractivity contribution >= 4 is 0 Å². The average molecular weight is 154 g/mol. The molecule has 1 rings (SSSR count). The Hall–Kier alpha value is 0. The summed E-state index contributed by atoms with van der Waals surface area (Å²) in [5.74, 6) is 1.85. The Morgan fingerprint density at radius 2 is 1.82 bits per heavy atom. The van der Waals surface area contributed by atoms with E-state index in [1.165, 1.54) is 25.7 Å². The predicted octanol–water partition coefficient (Wildman–Crippen LogP) is 3.86. The molecule has 0 spiro atoms. The van der Waals surface area contributed by atoms with Crippen molar-refractivity contribution in [2.75, 3.05) is 0 Å². The lowest BCUT2D eigenvalue weighted by Crippen LogP contribution is -2.35. The quantitative estimate of drug-likeness (QED) is 0.579. The fourth-order valence-electron chi connectivity index (χ4n) is 2.23. The van der Waals surface area contributed by atoms with Gasteiger partial charge >= 0.3 is 0 Å². The maximum atomic E-state index is 2.47. The Bertz CT molecular complexity index is 122. The molecule has 1 fully saturated rings. The largest absolute Gasteiger partial charge is 0.0651 e. The highest BCUT2D eigenvalue weighted by molar-refractivity contribution is 4.89. The minimum absolute atomic E-state index is 0.704. The zero-order chi connectivity index (χ0) is 8.48. The smallest absolute Gasteiger partial charge is 0.0298 e. The van der Waals surface area contributed by atoms with Gasteiger partial charge < -0.3 is 0 Å². The van der Waals surface area contributed by atoms with Crippen molar-refractivity contribution in [3.63, 3.8) is 0 Å². The van der Waals surface area contributed by atoms with E-state index in [1.807, 2.05) is 0 Å². The van der Waals surface area contributed by atoms with E-state index < -0.39 is 0 Å². The van der Waals surface area contributed by atoms with Crippen molar-refractivity contribution in [3.8, 4) is 0 Å². The lowest BCUT2D eigenvalue weighted by atomic mass is 9.59. The van der Waals surface area contributed by atoms with E-state index in [0.29, 0.717) is 5.41 Å². The van der Waals surface area contributed by atoms with Crippen LogP contribution in [0.3, 0.4) is 0 Å². The molecule has 0 heteroatoms. The number of hydrogen-bond donors (Lipinski definition) is 0. The molecular weight excluding hydrogens is 132 g/mol. The Balaban J connectivity index is 2.45. The van der Waals surface area contributed by atoms with Gasteiger partial charge in [-0.2, -0.15) is 0 Å². The van der Waals surface area contributed by atoms with Gasteiger partial charge in [-0.05, 0) is 30.1 Å². The van der Waals surface area contributed by atoms with Crippen LogP contribution in [0.2, 0.25) is 0 Å². The summed E-state index contributed by atoms with van der Waals surface area (Å²) in [6.45, 7) is 9.61. The molecule has 0 amide bonds. The minimum Gasteiger partial charge on any atom is -0.0651 e. The molecule has 0 aromatic rings. The summed E-state index contributed by atoms with van der Waals surface area (Å²) in [5, 5.41) is 0. The van der Waals surface area contributed by atoms with Crippen LogP contribution in [0.5, 0.6) is 0 Å². The first-order valence-electron chi connectivity index (χ1n) is 5.10. The van der Waals surface area contributed by atoms with Crippen LogP contribution >= 0.6 is 0 Å². The molecule has 0 heterocycles. The molecule has 2 unspecified atom stereocenters. The Labute approximate surface area is 71.4 Å². The summed E-state index contributed by atoms with van der Waals surface area (Å²) in [6.07, 6.45) is 5.76. The van der Waals surface area contributed by atoms with Crippen LogP contribution in [-0.2, 0) is 0 Å². The first-order valence-corrected chi connectivity index (χ1v) is 5.10. The van der Waals surface area contributed by atoms with Gasteiger partial charge in [0.2, 0.25) is 0 Å². The number of hydrogen-bond acceptors (Lipinski definition) is 0. The van der Waals surface area contributed by atoms with Crippen molar-refractivity contribution in [1.29, 1.82) is 0 Å². The number of rotatable bonds is 3. The lowest BCUT2D eigenvalue weighted by Gasteiger charge is -2.46. The van der Waals surface area contributed by atoms with E-state index in [0.717, 1.165) is 11.8 Å². The zero-order valence-corrected chi connectivity index (χ0v) is 8.48. The van der Waals surface area contributed by atoms with Gasteiger partial charge in [0.1, 0.15) is 0 Å². The molecule has 0 saturated heterocycles. The van der Waals surface area contributed by atoms with E-state index in [4.69, 9.17) is 0 Å². The average Bonchev–Trinajstić information content (AvgIpc) is 1.97. The summed E-state index contributed by atoms with van der Waals surface area (Å²) in [4.78, 5) is 0. The Morgan fingerprint density at radius 1 is 1.27 bits per heavy atom. The van der Waals surface area contributed by atoms with Crippen molar-refractivity contribution in [1.82, 2.24) is 0 Å². The Morgan fingerprint density at radius 3 is 2.09 bits per heavy atom. The lowest BCUT2D eigenvalue weighted by molar-refractivity contribution is 0.0472. The molecule has 1 saturated carbocycles. The fraction of sp³-hybridized carbons (Fsp3) is 1.00. The molecular formula is C11H22. The summed E-state index contributed by atoms with van der Waals surface area (Å²) in [5.41, 5.74) is 0.704. The van der Waals surface area contributed by atoms with Crippen LogP contribution in [0.4, 0.5) is 0 Å². The molecule has 1 aliphatic carbocycles. The fourth-order valence-corrected chi connectivity index (χ4v) is 2.23. The van der Waals surface area contributed by atoms with Gasteiger partial charge in [0.25, 0.3) is 0 Å². The molecule has 11 heavy (non-hydrogen) atoms. The highest BCUT2D eigenvalue weighted by Crippen LogP contribution is 2.49. The first kappa shape index (κ1) is 9.09. The second-order valence-corrected chi connectivity index (χ2v) is 4.68. The van der Waals surface area contributed by atoms with Crippen molar-refractivity contribution < 1.29 is 0 Å². The van der Waals surface area contributed by atoms with E-state index >= 15 is 0 Å². The molecule has 2 atom stereocenters. The van der Waals surface area contributed by atoms with Crippen molar-refractivity contribution in [2.24, 2.45) is 17.3 Å². The zero-order valence-electron chi connectivity index (χ0n) is 8.48. The van der Waals surface area contributed by atoms with Gasteiger partial charge in [-0.3, -0.25) is 0 Å². The van der Waals surface area contributed by atoms with Gasteiger partial charge in [-0.25, -0.2) is 0 Å². The van der Waals surface area contributed by atoms with Gasteiger partial charge in [0, 0.05) is 0 Å². The van der Waals surface area contributed by atoms with Crippen LogP contribution in [0, 0.1) is 17.3 Å². The molecule has 66 valence electrons. The van der Waals surface area contributed by atoms with Crippen LogP contribution in [0.25, 0.3) is 0 Å². The van der Waals surface area contributed by atoms with Crippen LogP contribution in [0.15, 0.2) is 0 Å². The topological polar surface area (TPSA) is 0 Å². The summed E-state index contributed by atoms with van der Waals surface area (Å²) < 4.78 is 0. The second-order valence-electron chi connectivity index (χ2n) is 4.68. The third kappa shape index (κ3) is 1.60. The van der Waals surface area contributed by atoms with E-state index in [1.54, 1.807) is 0 Å². The van der Waals surface area contributed by atoms with Crippen LogP contribution in [-0.4, -0.2) is 0 Å². The molecule has 0 radical (unpaired) electrons. The Kier molecular flexibility index (Phi) is 2.61. The third-order valence-corrected chi connectivity index (χ3v) is 4.09. The minimum atomic E-state index is 0.704. The third-order valence-electron chi connectivity index (χ3n) is 4.09. The molecule has 1 aliphatic rings. The molecule has 0 bridgehead atoms. The molecule has 0 aromatic heterocycles. The maximum Gasteiger partial charge on any atom is -0.0298 e. The second kappa shape index (κ2) is 3.16. The molecule has 0 aromatic carbocycles. The maximum absolute atomic E-state index is 2.47. The highest BCUT2D eigenvalue weighted by Gasteiger charge is 2.38. The van der Waals surface area contributed by atoms with Crippen molar-refractivity contribution in [3.05, 3.63) is 0 Å². The first-order chi connectivity index (χ1) is 5.10. The van der Waals surface area contributed by atoms with Gasteiger partial charge in [0.05, 0.1) is 0 Å². The monoisotopic (exact) mass is 154 g/mol. The van der Waals surface area contributed by atoms with Crippen LogP contribution in [0.1, 0.15) is 53.4 Å². The predicted molar refractivity (Wildman–Crippen MR) is 50.6 cm³/mol. The highest BCUT2D eigenvalue weighted by atomic mass is 14.4. The summed E-state index contributed by atoms with van der Waals surface area (Å²) >= 11 is 0. The summed E-state index contributed by atoms with van der Waals surface area (Å²) in [6, 6.07) is 0. The standard InChI is InChI=1S/C11H22/c1-5-9(2)10(3)11(4)7-6-8-11/h9-10H,5-8H2,1-4H3. The molecule has 0 aliphatic heterocycles. The molecule has 0 N–H and O–H groups in total. The van der Waals surface area contributed by atoms with Gasteiger partial charge in [0.15, 0.2) is 0 Å². The van der Waals surface area contributed by atoms with Gasteiger partial charge in [-0.1, -0.05) is 40.5 Å². The van der Waals surface area contributed by atoms with E-state index in [2.05, 4.69) is 27.7 Å². The van der Waals surface area contributed by atoms with Crippen LogP contribution < -0.4 is 0 Å². The SMILES string of the molecule is CCC(C)C(C)C1(C)CCC1. The normalized spacial score (nSPS) is 27.3. The van der Waals surface area contributed by atoms with E-state index in [9.17, 15) is 0 Å². The summed E-state index contributed by atoms with van der Waals surface area (Å²) in [7, 11) is 0. The van der Waals surface area contributed by atoms with Gasteiger partial charge in [-0.15, -0.1) is 0 Å². The molecule has 0 nitrogen and oxygen atoms in total. The van der Waals surface area contributed by atoms with Crippen molar-refractivity contribution in [2.45, 2.75) is 53.4 Å².